The number of nitrogens with zero attached hydrogens (tertiary/aromatic N) is 2. The van der Waals surface area contributed by atoms with Crippen LogP contribution in [0.2, 0.25) is 5.02 Å². The molecule has 1 fully saturated rings. The molecular weight excluding hydrogens is 267 g/mol. The molecule has 2 rings (SSSR count). The van der Waals surface area contributed by atoms with E-state index in [0.717, 1.165) is 18.7 Å². The van der Waals surface area contributed by atoms with Crippen LogP contribution in [-0.2, 0) is 6.18 Å². The molecule has 1 aliphatic heterocycles. The topological polar surface area (TPSA) is 42.1 Å². The van der Waals surface area contributed by atoms with E-state index in [-0.39, 0.29) is 17.1 Å². The summed E-state index contributed by atoms with van der Waals surface area (Å²) in [6.07, 6.45) is -2.85. The summed E-state index contributed by atoms with van der Waals surface area (Å²) >= 11 is 5.88. The van der Waals surface area contributed by atoms with Crippen LogP contribution in [0, 0.1) is 0 Å². The normalized spacial score (nSPS) is 24.7. The second kappa shape index (κ2) is 4.59. The molecule has 0 saturated carbocycles. The number of anilines is 1. The number of pyridine rings is 1. The molecule has 0 aliphatic carbocycles. The summed E-state index contributed by atoms with van der Waals surface area (Å²) in [6.45, 7) is 2.56. The zero-order valence-electron chi connectivity index (χ0n) is 9.71. The van der Waals surface area contributed by atoms with Gasteiger partial charge in [0.05, 0.1) is 10.6 Å². The molecule has 100 valence electrons. The molecule has 2 heterocycles. The Labute approximate surface area is 108 Å². The van der Waals surface area contributed by atoms with E-state index in [4.69, 9.17) is 17.3 Å². The first kappa shape index (κ1) is 13.4. The van der Waals surface area contributed by atoms with Crippen LogP contribution in [-0.4, -0.2) is 23.6 Å². The van der Waals surface area contributed by atoms with Crippen molar-refractivity contribution in [1.29, 1.82) is 0 Å². The van der Waals surface area contributed by atoms with Crippen molar-refractivity contribution in [3.63, 3.8) is 0 Å². The van der Waals surface area contributed by atoms with Crippen LogP contribution in [0.15, 0.2) is 12.3 Å². The first-order valence-electron chi connectivity index (χ1n) is 5.55. The molecule has 0 aromatic carbocycles. The minimum absolute atomic E-state index is 0.00535. The molecule has 1 aromatic heterocycles. The Morgan fingerprint density at radius 1 is 1.50 bits per heavy atom. The van der Waals surface area contributed by atoms with Gasteiger partial charge in [0.25, 0.3) is 0 Å². The van der Waals surface area contributed by atoms with Gasteiger partial charge in [-0.05, 0) is 19.4 Å². The Bertz CT molecular complexity index is 450. The van der Waals surface area contributed by atoms with Gasteiger partial charge in [0.15, 0.2) is 0 Å². The molecule has 2 N–H and O–H groups in total. The summed E-state index contributed by atoms with van der Waals surface area (Å²) in [6, 6.07) is 0.914. The third-order valence-corrected chi connectivity index (χ3v) is 3.51. The lowest BCUT2D eigenvalue weighted by Crippen LogP contribution is -2.37. The van der Waals surface area contributed by atoms with Gasteiger partial charge in [-0.25, -0.2) is 4.98 Å². The molecule has 1 aliphatic rings. The lowest BCUT2D eigenvalue weighted by molar-refractivity contribution is -0.137. The maximum absolute atomic E-state index is 12.5. The number of hydrogen-bond donors (Lipinski definition) is 1. The molecule has 7 heteroatoms. The lowest BCUT2D eigenvalue weighted by atomic mass is 10.2. The van der Waals surface area contributed by atoms with Gasteiger partial charge in [0.1, 0.15) is 5.82 Å². The van der Waals surface area contributed by atoms with E-state index in [0.29, 0.717) is 12.4 Å². The second-order valence-electron chi connectivity index (χ2n) is 4.41. The highest BCUT2D eigenvalue weighted by molar-refractivity contribution is 6.33. The maximum Gasteiger partial charge on any atom is 0.417 e. The highest BCUT2D eigenvalue weighted by atomic mass is 35.5. The molecule has 2 unspecified atom stereocenters. The zero-order chi connectivity index (χ0) is 13.5. The monoisotopic (exact) mass is 279 g/mol. The third kappa shape index (κ3) is 2.40. The summed E-state index contributed by atoms with van der Waals surface area (Å²) in [4.78, 5) is 5.67. The van der Waals surface area contributed by atoms with Crippen molar-refractivity contribution in [1.82, 2.24) is 4.98 Å². The average Bonchev–Trinajstić information content (AvgIpc) is 2.59. The van der Waals surface area contributed by atoms with Gasteiger partial charge in [0, 0.05) is 24.8 Å². The van der Waals surface area contributed by atoms with Crippen LogP contribution in [0.3, 0.4) is 0 Å². The smallest absolute Gasteiger partial charge is 0.351 e. The van der Waals surface area contributed by atoms with Crippen LogP contribution in [0.4, 0.5) is 19.0 Å². The van der Waals surface area contributed by atoms with Gasteiger partial charge in [-0.15, -0.1) is 0 Å². The van der Waals surface area contributed by atoms with Gasteiger partial charge in [0.2, 0.25) is 0 Å². The van der Waals surface area contributed by atoms with Crippen molar-refractivity contribution in [3.05, 3.63) is 22.8 Å². The maximum atomic E-state index is 12.5. The number of hydrogen-bond acceptors (Lipinski definition) is 3. The van der Waals surface area contributed by atoms with Crippen LogP contribution in [0.5, 0.6) is 0 Å². The van der Waals surface area contributed by atoms with Gasteiger partial charge in [-0.1, -0.05) is 11.6 Å². The summed E-state index contributed by atoms with van der Waals surface area (Å²) in [7, 11) is 0. The van der Waals surface area contributed by atoms with Gasteiger partial charge in [-0.3, -0.25) is 0 Å². The molecule has 1 aromatic rings. The molecule has 2 atom stereocenters. The molecule has 0 amide bonds. The Hall–Kier alpha value is -1.01. The molecule has 3 nitrogen and oxygen atoms in total. The highest BCUT2D eigenvalue weighted by Crippen LogP contribution is 2.35. The number of halogens is 4. The number of aromatic nitrogens is 1. The fraction of sp³-hybridized carbons (Fsp3) is 0.545. The predicted octanol–water partition coefficient (Wildman–Crippen LogP) is 2.68. The minimum atomic E-state index is -4.43. The molecule has 1 saturated heterocycles. The van der Waals surface area contributed by atoms with Crippen LogP contribution in [0.1, 0.15) is 18.9 Å². The third-order valence-electron chi connectivity index (χ3n) is 3.24. The quantitative estimate of drug-likeness (QED) is 0.859. The first-order chi connectivity index (χ1) is 8.30. The van der Waals surface area contributed by atoms with E-state index in [1.165, 1.54) is 0 Å². The van der Waals surface area contributed by atoms with Gasteiger partial charge in [-0.2, -0.15) is 13.2 Å². The highest BCUT2D eigenvalue weighted by Gasteiger charge is 2.34. The summed E-state index contributed by atoms with van der Waals surface area (Å²) < 4.78 is 37.4. The van der Waals surface area contributed by atoms with E-state index in [2.05, 4.69) is 4.98 Å². The zero-order valence-corrected chi connectivity index (χ0v) is 10.5. The van der Waals surface area contributed by atoms with Crippen LogP contribution < -0.4 is 10.6 Å². The molecule has 18 heavy (non-hydrogen) atoms. The largest absolute Gasteiger partial charge is 0.417 e. The number of alkyl halides is 3. The fourth-order valence-corrected chi connectivity index (χ4v) is 2.33. The van der Waals surface area contributed by atoms with Gasteiger partial charge < -0.3 is 10.6 Å². The van der Waals surface area contributed by atoms with Crippen molar-refractivity contribution < 1.29 is 13.2 Å². The Morgan fingerprint density at radius 2 is 2.17 bits per heavy atom. The molecule has 0 radical (unpaired) electrons. The molecular formula is C11H13ClF3N3. The Balaban J connectivity index is 2.31. The van der Waals surface area contributed by atoms with Crippen molar-refractivity contribution >= 4 is 17.4 Å². The Kier molecular flexibility index (Phi) is 3.42. The summed E-state index contributed by atoms with van der Waals surface area (Å²) in [5, 5.41) is 0.00535. The average molecular weight is 280 g/mol. The van der Waals surface area contributed by atoms with Crippen molar-refractivity contribution in [2.24, 2.45) is 5.73 Å². The minimum Gasteiger partial charge on any atom is -0.351 e. The number of rotatable bonds is 1. The van der Waals surface area contributed by atoms with E-state index >= 15 is 0 Å². The van der Waals surface area contributed by atoms with Crippen molar-refractivity contribution in [2.75, 3.05) is 11.4 Å². The molecule has 0 spiro atoms. The Morgan fingerprint density at radius 3 is 2.61 bits per heavy atom. The molecule has 0 bridgehead atoms. The lowest BCUT2D eigenvalue weighted by Gasteiger charge is -2.25. The fourth-order valence-electron chi connectivity index (χ4n) is 2.06. The van der Waals surface area contributed by atoms with Crippen molar-refractivity contribution in [3.8, 4) is 0 Å². The summed E-state index contributed by atoms with van der Waals surface area (Å²) in [5.41, 5.74) is 5.02. The van der Waals surface area contributed by atoms with E-state index < -0.39 is 11.7 Å². The van der Waals surface area contributed by atoms with E-state index in [9.17, 15) is 13.2 Å². The predicted molar refractivity (Wildman–Crippen MR) is 63.6 cm³/mol. The first-order valence-corrected chi connectivity index (χ1v) is 5.93. The van der Waals surface area contributed by atoms with Crippen molar-refractivity contribution in [2.45, 2.75) is 31.6 Å². The second-order valence-corrected chi connectivity index (χ2v) is 4.82. The number of nitrogens with two attached hydrogens (primary N) is 1. The van der Waals surface area contributed by atoms with E-state index in [1.807, 2.05) is 11.8 Å². The van der Waals surface area contributed by atoms with Gasteiger partial charge >= 0.3 is 6.18 Å². The SMILES string of the molecule is CC1C(N)CCN1c1ncc(C(F)(F)F)cc1Cl. The standard InChI is InChI=1S/C11H13ClF3N3/c1-6-9(16)2-3-18(6)10-8(12)4-7(5-17-10)11(13,14)15/h4-6,9H,2-3,16H2,1H3. The van der Waals surface area contributed by atoms with Crippen LogP contribution >= 0.6 is 11.6 Å². The van der Waals surface area contributed by atoms with Crippen LogP contribution in [0.25, 0.3) is 0 Å². The van der Waals surface area contributed by atoms with E-state index in [1.54, 1.807) is 0 Å². The summed E-state index contributed by atoms with van der Waals surface area (Å²) in [5.74, 6) is 0.366.